The van der Waals surface area contributed by atoms with Crippen molar-refractivity contribution in [3.8, 4) is 11.3 Å². The van der Waals surface area contributed by atoms with Crippen LogP contribution in [0.3, 0.4) is 0 Å². The lowest BCUT2D eigenvalue weighted by atomic mass is 9.73. The quantitative estimate of drug-likeness (QED) is 0.752. The van der Waals surface area contributed by atoms with Gasteiger partial charge < -0.3 is 14.5 Å². The molecule has 1 fully saturated rings. The summed E-state index contributed by atoms with van der Waals surface area (Å²) < 4.78 is 5.26. The van der Waals surface area contributed by atoms with Crippen LogP contribution in [0.15, 0.2) is 71.3 Å². The normalized spacial score (nSPS) is 15.9. The Morgan fingerprint density at radius 2 is 1.57 bits per heavy atom. The van der Waals surface area contributed by atoms with Gasteiger partial charge in [-0.1, -0.05) is 65.8 Å². The maximum atomic E-state index is 12.8. The van der Waals surface area contributed by atoms with E-state index in [2.05, 4.69) is 5.16 Å². The fourth-order valence-corrected chi connectivity index (χ4v) is 3.75. The number of carbonyl (C=O) groups excluding carboxylic acids is 1. The third-order valence-corrected chi connectivity index (χ3v) is 5.43. The molecule has 1 aliphatic heterocycles. The van der Waals surface area contributed by atoms with Crippen molar-refractivity contribution in [1.82, 2.24) is 10.1 Å². The fraction of sp³-hybridized carbons (Fsp3) is 0.227. The molecule has 0 radical (unpaired) electrons. The Bertz CT molecular complexity index is 974. The molecule has 4 rings (SSSR count). The highest BCUT2D eigenvalue weighted by atomic mass is 16.5. The van der Waals surface area contributed by atoms with Gasteiger partial charge in [-0.25, -0.2) is 0 Å². The highest BCUT2D eigenvalue weighted by molar-refractivity contribution is 5.93. The largest absolute Gasteiger partial charge is 0.481 e. The highest BCUT2D eigenvalue weighted by Crippen LogP contribution is 2.36. The molecule has 6 heteroatoms. The second-order valence-corrected chi connectivity index (χ2v) is 6.99. The summed E-state index contributed by atoms with van der Waals surface area (Å²) >= 11 is 0. The molecule has 2 heterocycles. The van der Waals surface area contributed by atoms with Crippen LogP contribution < -0.4 is 0 Å². The predicted molar refractivity (Wildman–Crippen MR) is 103 cm³/mol. The monoisotopic (exact) mass is 376 g/mol. The number of hydrogen-bond acceptors (Lipinski definition) is 4. The van der Waals surface area contributed by atoms with Gasteiger partial charge in [-0.15, -0.1) is 0 Å². The SMILES string of the molecule is O=C(c1cc(-c2ccccc2)no1)N1CCC(C(=O)O)(c2ccccc2)CC1. The summed E-state index contributed by atoms with van der Waals surface area (Å²) in [7, 11) is 0. The first-order valence-corrected chi connectivity index (χ1v) is 9.20. The number of hydrogen-bond donors (Lipinski definition) is 1. The lowest BCUT2D eigenvalue weighted by molar-refractivity contribution is -0.145. The zero-order chi connectivity index (χ0) is 19.6. The first-order valence-electron chi connectivity index (χ1n) is 9.20. The summed E-state index contributed by atoms with van der Waals surface area (Å²) in [5, 5.41) is 13.9. The molecule has 0 aliphatic carbocycles. The van der Waals surface area contributed by atoms with Crippen molar-refractivity contribution in [2.24, 2.45) is 0 Å². The van der Waals surface area contributed by atoms with E-state index in [1.54, 1.807) is 11.0 Å². The Kier molecular flexibility index (Phi) is 4.69. The van der Waals surface area contributed by atoms with Crippen molar-refractivity contribution in [1.29, 1.82) is 0 Å². The maximum absolute atomic E-state index is 12.8. The number of carboxylic acids is 1. The molecular formula is C22H20N2O4. The smallest absolute Gasteiger partial charge is 0.314 e. The topological polar surface area (TPSA) is 83.6 Å². The number of aliphatic carboxylic acids is 1. The first-order chi connectivity index (χ1) is 13.6. The molecule has 1 saturated heterocycles. The molecule has 0 saturated carbocycles. The van der Waals surface area contributed by atoms with Crippen LogP contribution in [-0.4, -0.2) is 40.1 Å². The first kappa shape index (κ1) is 18.0. The summed E-state index contributed by atoms with van der Waals surface area (Å²) in [4.78, 5) is 26.5. The Morgan fingerprint density at radius 3 is 2.18 bits per heavy atom. The number of carboxylic acid groups (broad SMARTS) is 1. The molecule has 0 unspecified atom stereocenters. The minimum absolute atomic E-state index is 0.168. The van der Waals surface area contributed by atoms with E-state index in [4.69, 9.17) is 4.52 Å². The van der Waals surface area contributed by atoms with E-state index < -0.39 is 11.4 Å². The van der Waals surface area contributed by atoms with Crippen LogP contribution in [0.2, 0.25) is 0 Å². The zero-order valence-corrected chi connectivity index (χ0v) is 15.2. The third-order valence-electron chi connectivity index (χ3n) is 5.43. The van der Waals surface area contributed by atoms with Crippen LogP contribution >= 0.6 is 0 Å². The van der Waals surface area contributed by atoms with E-state index in [-0.39, 0.29) is 11.7 Å². The zero-order valence-electron chi connectivity index (χ0n) is 15.2. The Balaban J connectivity index is 1.50. The molecule has 6 nitrogen and oxygen atoms in total. The van der Waals surface area contributed by atoms with Crippen molar-refractivity contribution < 1.29 is 19.2 Å². The molecule has 1 aromatic heterocycles. The van der Waals surface area contributed by atoms with Crippen LogP contribution in [0.5, 0.6) is 0 Å². The molecule has 0 bridgehead atoms. The molecular weight excluding hydrogens is 356 g/mol. The van der Waals surface area contributed by atoms with Gasteiger partial charge in [-0.2, -0.15) is 0 Å². The molecule has 1 N–H and O–H groups in total. The number of carbonyl (C=O) groups is 2. The minimum atomic E-state index is -0.964. The standard InChI is InChI=1S/C22H20N2O4/c25-20(19-15-18(23-28-19)16-7-3-1-4-8-16)24-13-11-22(12-14-24,21(26)27)17-9-5-2-6-10-17/h1-10,15H,11-14H2,(H,26,27). The summed E-state index contributed by atoms with van der Waals surface area (Å²) in [6.45, 7) is 0.697. The van der Waals surface area contributed by atoms with Gasteiger partial charge in [0.15, 0.2) is 0 Å². The van der Waals surface area contributed by atoms with Crippen molar-refractivity contribution in [3.63, 3.8) is 0 Å². The van der Waals surface area contributed by atoms with Gasteiger partial charge >= 0.3 is 5.97 Å². The van der Waals surface area contributed by atoms with Crippen LogP contribution in [0.4, 0.5) is 0 Å². The van der Waals surface area contributed by atoms with Crippen LogP contribution in [0.1, 0.15) is 29.0 Å². The number of likely N-dealkylation sites (tertiary alicyclic amines) is 1. The predicted octanol–water partition coefficient (Wildman–Crippen LogP) is 3.60. The average Bonchev–Trinajstić information content (AvgIpc) is 3.25. The highest BCUT2D eigenvalue weighted by Gasteiger charge is 2.44. The molecule has 142 valence electrons. The number of amides is 1. The lowest BCUT2D eigenvalue weighted by Crippen LogP contribution is -2.49. The van der Waals surface area contributed by atoms with E-state index in [0.29, 0.717) is 31.6 Å². The fourth-order valence-electron chi connectivity index (χ4n) is 3.75. The molecule has 1 amide bonds. The van der Waals surface area contributed by atoms with Crippen molar-refractivity contribution in [2.75, 3.05) is 13.1 Å². The summed E-state index contributed by atoms with van der Waals surface area (Å²) in [5.74, 6) is -0.944. The van der Waals surface area contributed by atoms with Gasteiger partial charge in [0.1, 0.15) is 5.69 Å². The van der Waals surface area contributed by atoms with E-state index in [1.807, 2.05) is 60.7 Å². The van der Waals surface area contributed by atoms with Crippen LogP contribution in [-0.2, 0) is 10.2 Å². The van der Waals surface area contributed by atoms with E-state index in [0.717, 1.165) is 11.1 Å². The minimum Gasteiger partial charge on any atom is -0.481 e. The molecule has 2 aromatic carbocycles. The number of piperidine rings is 1. The number of nitrogens with zero attached hydrogens (tertiary/aromatic N) is 2. The average molecular weight is 376 g/mol. The van der Waals surface area contributed by atoms with Gasteiger partial charge in [0, 0.05) is 24.7 Å². The maximum Gasteiger partial charge on any atom is 0.314 e. The van der Waals surface area contributed by atoms with Crippen LogP contribution in [0, 0.1) is 0 Å². The van der Waals surface area contributed by atoms with E-state index in [1.165, 1.54) is 0 Å². The Morgan fingerprint density at radius 1 is 0.964 bits per heavy atom. The molecule has 28 heavy (non-hydrogen) atoms. The Hall–Kier alpha value is -3.41. The number of rotatable bonds is 4. The second-order valence-electron chi connectivity index (χ2n) is 6.99. The van der Waals surface area contributed by atoms with Crippen molar-refractivity contribution in [2.45, 2.75) is 18.3 Å². The molecule has 1 aliphatic rings. The van der Waals surface area contributed by atoms with Gasteiger partial charge in [-0.3, -0.25) is 9.59 Å². The number of aromatic nitrogens is 1. The third kappa shape index (κ3) is 3.17. The summed E-state index contributed by atoms with van der Waals surface area (Å²) in [6, 6.07) is 20.4. The second kappa shape index (κ2) is 7.31. The molecule has 3 aromatic rings. The Labute approximate surface area is 162 Å². The lowest BCUT2D eigenvalue weighted by Gasteiger charge is -2.38. The van der Waals surface area contributed by atoms with Gasteiger partial charge in [0.2, 0.25) is 5.76 Å². The van der Waals surface area contributed by atoms with Gasteiger partial charge in [0.05, 0.1) is 5.41 Å². The van der Waals surface area contributed by atoms with Gasteiger partial charge in [-0.05, 0) is 18.4 Å². The molecule has 0 atom stereocenters. The van der Waals surface area contributed by atoms with E-state index >= 15 is 0 Å². The van der Waals surface area contributed by atoms with Crippen molar-refractivity contribution in [3.05, 3.63) is 78.1 Å². The molecule has 0 spiro atoms. The van der Waals surface area contributed by atoms with Gasteiger partial charge in [0.25, 0.3) is 5.91 Å². The summed E-state index contributed by atoms with van der Waals surface area (Å²) in [5.41, 5.74) is 1.29. The summed E-state index contributed by atoms with van der Waals surface area (Å²) in [6.07, 6.45) is 0.718. The van der Waals surface area contributed by atoms with Crippen molar-refractivity contribution >= 4 is 11.9 Å². The van der Waals surface area contributed by atoms with Crippen LogP contribution in [0.25, 0.3) is 11.3 Å². The van der Waals surface area contributed by atoms with E-state index in [9.17, 15) is 14.7 Å². The number of benzene rings is 2.